The van der Waals surface area contributed by atoms with Gasteiger partial charge in [-0.05, 0) is 36.6 Å². The van der Waals surface area contributed by atoms with Gasteiger partial charge in [0.05, 0.1) is 6.61 Å². The fourth-order valence-corrected chi connectivity index (χ4v) is 1.54. The first-order chi connectivity index (χ1) is 8.22. The zero-order valence-electron chi connectivity index (χ0n) is 11.3. The Balaban J connectivity index is 2.29. The number of ether oxygens (including phenoxy) is 1. The quantitative estimate of drug-likeness (QED) is 0.695. The van der Waals surface area contributed by atoms with Gasteiger partial charge in [0.15, 0.2) is 0 Å². The second-order valence-electron chi connectivity index (χ2n) is 4.87. The molecule has 0 unspecified atom stereocenters. The minimum Gasteiger partial charge on any atom is -0.494 e. The standard InChI is InChI=1S/C15H25NO/c1-4-5-10-17-15-8-6-14(7-9-15)12-16-11-13(2)3/h6-9,13,16H,4-5,10-12H2,1-3H3. The first-order valence-electron chi connectivity index (χ1n) is 6.64. The van der Waals surface area contributed by atoms with Gasteiger partial charge in [0.25, 0.3) is 0 Å². The van der Waals surface area contributed by atoms with Crippen molar-refractivity contribution >= 4 is 0 Å². The summed E-state index contributed by atoms with van der Waals surface area (Å²) in [4.78, 5) is 0. The fraction of sp³-hybridized carbons (Fsp3) is 0.600. The summed E-state index contributed by atoms with van der Waals surface area (Å²) in [5.74, 6) is 1.68. The zero-order chi connectivity index (χ0) is 12.5. The molecule has 0 saturated heterocycles. The SMILES string of the molecule is CCCCOc1ccc(CNCC(C)C)cc1. The molecule has 0 heterocycles. The maximum atomic E-state index is 5.62. The third-order valence-corrected chi connectivity index (χ3v) is 2.57. The lowest BCUT2D eigenvalue weighted by Crippen LogP contribution is -2.18. The van der Waals surface area contributed by atoms with Gasteiger partial charge in [0, 0.05) is 6.54 Å². The highest BCUT2D eigenvalue weighted by Gasteiger charge is 1.97. The topological polar surface area (TPSA) is 21.3 Å². The predicted molar refractivity (Wildman–Crippen MR) is 73.4 cm³/mol. The molecule has 1 N–H and O–H groups in total. The summed E-state index contributed by atoms with van der Waals surface area (Å²) in [6.45, 7) is 9.44. The maximum Gasteiger partial charge on any atom is 0.119 e. The molecule has 0 bridgehead atoms. The lowest BCUT2D eigenvalue weighted by Gasteiger charge is -2.09. The summed E-state index contributed by atoms with van der Waals surface area (Å²) in [6.07, 6.45) is 2.30. The molecule has 2 nitrogen and oxygen atoms in total. The number of rotatable bonds is 8. The van der Waals surface area contributed by atoms with Crippen molar-refractivity contribution in [3.63, 3.8) is 0 Å². The predicted octanol–water partition coefficient (Wildman–Crippen LogP) is 3.61. The second-order valence-corrected chi connectivity index (χ2v) is 4.87. The molecule has 0 aliphatic heterocycles. The summed E-state index contributed by atoms with van der Waals surface area (Å²) >= 11 is 0. The minimum atomic E-state index is 0.701. The van der Waals surface area contributed by atoms with Gasteiger partial charge in [-0.1, -0.05) is 39.3 Å². The molecular weight excluding hydrogens is 210 g/mol. The van der Waals surface area contributed by atoms with Crippen LogP contribution in [0, 0.1) is 5.92 Å². The molecule has 0 spiro atoms. The van der Waals surface area contributed by atoms with E-state index in [-0.39, 0.29) is 0 Å². The van der Waals surface area contributed by atoms with Gasteiger partial charge < -0.3 is 10.1 Å². The summed E-state index contributed by atoms with van der Waals surface area (Å²) in [7, 11) is 0. The van der Waals surface area contributed by atoms with E-state index in [4.69, 9.17) is 4.74 Å². The molecule has 17 heavy (non-hydrogen) atoms. The lowest BCUT2D eigenvalue weighted by atomic mass is 10.2. The normalized spacial score (nSPS) is 10.8. The number of unbranched alkanes of at least 4 members (excludes halogenated alkanes) is 1. The molecule has 2 heteroatoms. The van der Waals surface area contributed by atoms with Crippen molar-refractivity contribution in [2.45, 2.75) is 40.2 Å². The van der Waals surface area contributed by atoms with E-state index in [0.29, 0.717) is 5.92 Å². The monoisotopic (exact) mass is 235 g/mol. The average Bonchev–Trinajstić information content (AvgIpc) is 2.31. The van der Waals surface area contributed by atoms with Crippen molar-refractivity contribution in [1.29, 1.82) is 0 Å². The molecule has 0 fully saturated rings. The van der Waals surface area contributed by atoms with E-state index in [1.165, 1.54) is 12.0 Å². The average molecular weight is 235 g/mol. The summed E-state index contributed by atoms with van der Waals surface area (Å²) in [5, 5.41) is 3.43. The van der Waals surface area contributed by atoms with E-state index >= 15 is 0 Å². The fourth-order valence-electron chi connectivity index (χ4n) is 1.54. The lowest BCUT2D eigenvalue weighted by molar-refractivity contribution is 0.309. The Morgan fingerprint density at radius 3 is 2.47 bits per heavy atom. The molecule has 1 rings (SSSR count). The Morgan fingerprint density at radius 2 is 1.88 bits per heavy atom. The van der Waals surface area contributed by atoms with E-state index in [0.717, 1.165) is 31.9 Å². The second kappa shape index (κ2) is 8.13. The van der Waals surface area contributed by atoms with Crippen LogP contribution in [0.3, 0.4) is 0 Å². The van der Waals surface area contributed by atoms with Crippen LogP contribution < -0.4 is 10.1 Å². The highest BCUT2D eigenvalue weighted by molar-refractivity contribution is 5.27. The molecular formula is C15H25NO. The molecule has 0 amide bonds. The zero-order valence-corrected chi connectivity index (χ0v) is 11.3. The highest BCUT2D eigenvalue weighted by Crippen LogP contribution is 2.12. The van der Waals surface area contributed by atoms with Crippen molar-refractivity contribution in [2.75, 3.05) is 13.2 Å². The Morgan fingerprint density at radius 1 is 1.18 bits per heavy atom. The number of hydrogen-bond acceptors (Lipinski definition) is 2. The minimum absolute atomic E-state index is 0.701. The van der Waals surface area contributed by atoms with Crippen LogP contribution in [0.2, 0.25) is 0 Å². The van der Waals surface area contributed by atoms with Crippen LogP contribution in [-0.2, 0) is 6.54 Å². The maximum absolute atomic E-state index is 5.62. The van der Waals surface area contributed by atoms with Gasteiger partial charge in [-0.25, -0.2) is 0 Å². The van der Waals surface area contributed by atoms with Crippen LogP contribution in [0.4, 0.5) is 0 Å². The van der Waals surface area contributed by atoms with Gasteiger partial charge in [0.1, 0.15) is 5.75 Å². The molecule has 0 saturated carbocycles. The number of benzene rings is 1. The third-order valence-electron chi connectivity index (χ3n) is 2.57. The smallest absolute Gasteiger partial charge is 0.119 e. The van der Waals surface area contributed by atoms with Crippen LogP contribution in [0.5, 0.6) is 5.75 Å². The van der Waals surface area contributed by atoms with E-state index in [1.807, 2.05) is 0 Å². The van der Waals surface area contributed by atoms with Crippen molar-refractivity contribution in [1.82, 2.24) is 5.32 Å². The molecule has 0 aliphatic carbocycles. The van der Waals surface area contributed by atoms with Crippen LogP contribution in [-0.4, -0.2) is 13.2 Å². The Labute approximate surface area is 105 Å². The Bertz CT molecular complexity index is 292. The first kappa shape index (κ1) is 14.0. The van der Waals surface area contributed by atoms with Gasteiger partial charge in [-0.2, -0.15) is 0 Å². The Hall–Kier alpha value is -1.02. The summed E-state index contributed by atoms with van der Waals surface area (Å²) in [5.41, 5.74) is 1.31. The molecule has 1 aromatic rings. The van der Waals surface area contributed by atoms with Crippen molar-refractivity contribution in [3.05, 3.63) is 29.8 Å². The van der Waals surface area contributed by atoms with Gasteiger partial charge in [-0.3, -0.25) is 0 Å². The third kappa shape index (κ3) is 6.32. The highest BCUT2D eigenvalue weighted by atomic mass is 16.5. The molecule has 0 aliphatic rings. The summed E-state index contributed by atoms with van der Waals surface area (Å²) in [6, 6.07) is 8.38. The first-order valence-corrected chi connectivity index (χ1v) is 6.64. The van der Waals surface area contributed by atoms with E-state index < -0.39 is 0 Å². The summed E-state index contributed by atoms with van der Waals surface area (Å²) < 4.78 is 5.62. The van der Waals surface area contributed by atoms with Crippen LogP contribution in [0.25, 0.3) is 0 Å². The molecule has 1 aromatic carbocycles. The van der Waals surface area contributed by atoms with Crippen LogP contribution in [0.15, 0.2) is 24.3 Å². The van der Waals surface area contributed by atoms with Gasteiger partial charge >= 0.3 is 0 Å². The van der Waals surface area contributed by atoms with E-state index in [9.17, 15) is 0 Å². The van der Waals surface area contributed by atoms with E-state index in [1.54, 1.807) is 0 Å². The molecule has 0 atom stereocenters. The van der Waals surface area contributed by atoms with Crippen LogP contribution in [0.1, 0.15) is 39.2 Å². The largest absolute Gasteiger partial charge is 0.494 e. The van der Waals surface area contributed by atoms with Crippen LogP contribution >= 0.6 is 0 Å². The van der Waals surface area contributed by atoms with Gasteiger partial charge in [-0.15, -0.1) is 0 Å². The molecule has 96 valence electrons. The number of hydrogen-bond donors (Lipinski definition) is 1. The van der Waals surface area contributed by atoms with E-state index in [2.05, 4.69) is 50.4 Å². The van der Waals surface area contributed by atoms with Crippen molar-refractivity contribution in [2.24, 2.45) is 5.92 Å². The van der Waals surface area contributed by atoms with Crippen molar-refractivity contribution < 1.29 is 4.74 Å². The molecule has 0 radical (unpaired) electrons. The van der Waals surface area contributed by atoms with Crippen molar-refractivity contribution in [3.8, 4) is 5.75 Å². The molecule has 0 aromatic heterocycles. The number of nitrogens with one attached hydrogen (secondary N) is 1. The van der Waals surface area contributed by atoms with Gasteiger partial charge in [0.2, 0.25) is 0 Å². The Kier molecular flexibility index (Phi) is 6.71.